The Labute approximate surface area is 160 Å². The van der Waals surface area contributed by atoms with E-state index in [2.05, 4.69) is 15.3 Å². The number of rotatable bonds is 4. The van der Waals surface area contributed by atoms with Crippen LogP contribution in [0.2, 0.25) is 0 Å². The van der Waals surface area contributed by atoms with Crippen molar-refractivity contribution < 1.29 is 13.2 Å². The lowest BCUT2D eigenvalue weighted by Crippen LogP contribution is -2.12. The van der Waals surface area contributed by atoms with E-state index in [-0.39, 0.29) is 15.6 Å². The molecule has 0 unspecified atom stereocenters. The van der Waals surface area contributed by atoms with E-state index in [9.17, 15) is 13.2 Å². The first-order valence-corrected chi connectivity index (χ1v) is 10.1. The molecule has 0 saturated carbocycles. The standard InChI is InChI=1S/C19H18N4O4S/c1-4-12-5-8-16(11(2)9-12)28(25,26)19-17-20-18(24)14-7-6-13(27-3)10-15(14)23(17)22-21-19/h5-10H,4H2,1-3H3,(H,20,24). The minimum atomic E-state index is -3.97. The van der Waals surface area contributed by atoms with Crippen molar-refractivity contribution >= 4 is 26.4 Å². The van der Waals surface area contributed by atoms with Gasteiger partial charge in [-0.25, -0.2) is 8.42 Å². The van der Waals surface area contributed by atoms with Gasteiger partial charge in [0.1, 0.15) is 5.75 Å². The van der Waals surface area contributed by atoms with Crippen molar-refractivity contribution in [3.05, 3.63) is 57.9 Å². The molecule has 0 fully saturated rings. The molecule has 8 nitrogen and oxygen atoms in total. The Balaban J connectivity index is 2.01. The molecule has 0 saturated heterocycles. The summed E-state index contributed by atoms with van der Waals surface area (Å²) in [6.07, 6.45) is 0.803. The lowest BCUT2D eigenvalue weighted by molar-refractivity contribution is 0.415. The third kappa shape index (κ3) is 2.66. The molecule has 4 rings (SSSR count). The van der Waals surface area contributed by atoms with Crippen LogP contribution in [0.5, 0.6) is 5.75 Å². The number of aromatic amines is 1. The van der Waals surface area contributed by atoms with Crippen LogP contribution >= 0.6 is 0 Å². The van der Waals surface area contributed by atoms with E-state index in [4.69, 9.17) is 4.74 Å². The number of sulfone groups is 1. The second kappa shape index (κ2) is 6.45. The molecule has 0 aliphatic rings. The monoisotopic (exact) mass is 398 g/mol. The first-order valence-electron chi connectivity index (χ1n) is 8.67. The van der Waals surface area contributed by atoms with Crippen molar-refractivity contribution in [2.24, 2.45) is 0 Å². The van der Waals surface area contributed by atoms with Gasteiger partial charge in [0, 0.05) is 6.07 Å². The number of benzene rings is 2. The number of methoxy groups -OCH3 is 1. The van der Waals surface area contributed by atoms with Crippen molar-refractivity contribution in [1.82, 2.24) is 19.8 Å². The van der Waals surface area contributed by atoms with Gasteiger partial charge in [-0.05, 0) is 42.7 Å². The van der Waals surface area contributed by atoms with Crippen molar-refractivity contribution in [2.45, 2.75) is 30.2 Å². The van der Waals surface area contributed by atoms with Gasteiger partial charge in [-0.15, -0.1) is 5.10 Å². The van der Waals surface area contributed by atoms with Gasteiger partial charge in [0.15, 0.2) is 5.65 Å². The fourth-order valence-electron chi connectivity index (χ4n) is 3.24. The van der Waals surface area contributed by atoms with Gasteiger partial charge in [0.05, 0.1) is 22.9 Å². The Morgan fingerprint density at radius 1 is 1.18 bits per heavy atom. The maximum absolute atomic E-state index is 13.2. The molecule has 144 valence electrons. The molecule has 0 spiro atoms. The second-order valence-corrected chi connectivity index (χ2v) is 8.28. The van der Waals surface area contributed by atoms with E-state index in [1.807, 2.05) is 13.0 Å². The topological polar surface area (TPSA) is 106 Å². The number of aryl methyl sites for hydroxylation is 2. The predicted octanol–water partition coefficient (Wildman–Crippen LogP) is 2.28. The van der Waals surface area contributed by atoms with E-state index in [0.717, 1.165) is 12.0 Å². The number of fused-ring (bicyclic) bond motifs is 3. The molecule has 0 bridgehead atoms. The SMILES string of the molecule is CCc1ccc(S(=O)(=O)c2nnn3c2[nH]c(=O)c2ccc(OC)cc23)c(C)c1. The number of nitrogens with one attached hydrogen (secondary N) is 1. The lowest BCUT2D eigenvalue weighted by atomic mass is 10.1. The van der Waals surface area contributed by atoms with Crippen LogP contribution in [-0.4, -0.2) is 35.3 Å². The minimum Gasteiger partial charge on any atom is -0.497 e. The first-order chi connectivity index (χ1) is 13.4. The summed E-state index contributed by atoms with van der Waals surface area (Å²) >= 11 is 0. The van der Waals surface area contributed by atoms with E-state index in [1.54, 1.807) is 37.3 Å². The average molecular weight is 398 g/mol. The normalized spacial score (nSPS) is 12.0. The van der Waals surface area contributed by atoms with Crippen LogP contribution in [0.1, 0.15) is 18.1 Å². The van der Waals surface area contributed by atoms with E-state index in [0.29, 0.717) is 22.2 Å². The number of ether oxygens (including phenoxy) is 1. The summed E-state index contributed by atoms with van der Waals surface area (Å²) in [6, 6.07) is 10.0. The maximum atomic E-state index is 13.2. The summed E-state index contributed by atoms with van der Waals surface area (Å²) in [7, 11) is -2.47. The largest absolute Gasteiger partial charge is 0.497 e. The molecule has 0 amide bonds. The zero-order valence-electron chi connectivity index (χ0n) is 15.6. The van der Waals surface area contributed by atoms with Crippen LogP contribution in [0, 0.1) is 6.92 Å². The Kier molecular flexibility index (Phi) is 4.19. The van der Waals surface area contributed by atoms with Crippen molar-refractivity contribution in [3.63, 3.8) is 0 Å². The summed E-state index contributed by atoms with van der Waals surface area (Å²) in [6.45, 7) is 3.74. The number of hydrogen-bond donors (Lipinski definition) is 1. The summed E-state index contributed by atoms with van der Waals surface area (Å²) in [5.74, 6) is 0.519. The highest BCUT2D eigenvalue weighted by atomic mass is 32.2. The molecule has 4 aromatic rings. The molecule has 0 aliphatic heterocycles. The van der Waals surface area contributed by atoms with Crippen LogP contribution in [-0.2, 0) is 16.3 Å². The second-order valence-electron chi connectivity index (χ2n) is 6.45. The Morgan fingerprint density at radius 2 is 1.96 bits per heavy atom. The Morgan fingerprint density at radius 3 is 2.64 bits per heavy atom. The molecule has 2 aromatic heterocycles. The van der Waals surface area contributed by atoms with Gasteiger partial charge in [-0.2, -0.15) is 4.52 Å². The zero-order chi connectivity index (χ0) is 20.1. The molecule has 28 heavy (non-hydrogen) atoms. The van der Waals surface area contributed by atoms with Gasteiger partial charge in [0.25, 0.3) is 5.56 Å². The third-order valence-corrected chi connectivity index (χ3v) is 6.56. The van der Waals surface area contributed by atoms with Crippen LogP contribution < -0.4 is 10.3 Å². The van der Waals surface area contributed by atoms with E-state index in [1.165, 1.54) is 11.6 Å². The summed E-state index contributed by atoms with van der Waals surface area (Å²) < 4.78 is 33.0. The van der Waals surface area contributed by atoms with Crippen LogP contribution in [0.3, 0.4) is 0 Å². The molecule has 2 heterocycles. The summed E-state index contributed by atoms with van der Waals surface area (Å²) in [5, 5.41) is 7.93. The molecule has 2 aromatic carbocycles. The lowest BCUT2D eigenvalue weighted by Gasteiger charge is -2.08. The fraction of sp³-hybridized carbons (Fsp3) is 0.211. The minimum absolute atomic E-state index is 0.0183. The van der Waals surface area contributed by atoms with Gasteiger partial charge in [-0.1, -0.05) is 24.3 Å². The number of aromatic nitrogens is 4. The highest BCUT2D eigenvalue weighted by Gasteiger charge is 2.27. The van der Waals surface area contributed by atoms with Gasteiger partial charge >= 0.3 is 0 Å². The Hall–Kier alpha value is -3.20. The third-order valence-electron chi connectivity index (χ3n) is 4.74. The fourth-order valence-corrected chi connectivity index (χ4v) is 4.72. The quantitative estimate of drug-likeness (QED) is 0.565. The maximum Gasteiger partial charge on any atom is 0.259 e. The van der Waals surface area contributed by atoms with Gasteiger partial charge in [-0.3, -0.25) is 4.79 Å². The zero-order valence-corrected chi connectivity index (χ0v) is 16.4. The average Bonchev–Trinajstić information content (AvgIpc) is 3.12. The van der Waals surface area contributed by atoms with Crippen molar-refractivity contribution in [3.8, 4) is 5.75 Å². The molecule has 0 atom stereocenters. The van der Waals surface area contributed by atoms with Gasteiger partial charge in [0.2, 0.25) is 14.9 Å². The molecular weight excluding hydrogens is 380 g/mol. The van der Waals surface area contributed by atoms with Gasteiger partial charge < -0.3 is 9.72 Å². The molecular formula is C19H18N4O4S. The smallest absolute Gasteiger partial charge is 0.259 e. The van der Waals surface area contributed by atoms with Crippen LogP contribution in [0.25, 0.3) is 16.6 Å². The van der Waals surface area contributed by atoms with E-state index < -0.39 is 15.4 Å². The number of H-pyrrole nitrogens is 1. The van der Waals surface area contributed by atoms with E-state index >= 15 is 0 Å². The van der Waals surface area contributed by atoms with Crippen molar-refractivity contribution in [1.29, 1.82) is 0 Å². The summed E-state index contributed by atoms with van der Waals surface area (Å²) in [5.41, 5.74) is 1.65. The predicted molar refractivity (Wildman–Crippen MR) is 104 cm³/mol. The molecule has 0 aliphatic carbocycles. The molecule has 0 radical (unpaired) electrons. The molecule has 9 heteroatoms. The van der Waals surface area contributed by atoms with Crippen LogP contribution in [0.4, 0.5) is 0 Å². The van der Waals surface area contributed by atoms with Crippen molar-refractivity contribution in [2.75, 3.05) is 7.11 Å². The number of nitrogens with zero attached hydrogens (tertiary/aromatic N) is 3. The summed E-state index contributed by atoms with van der Waals surface area (Å²) in [4.78, 5) is 15.2. The van der Waals surface area contributed by atoms with Crippen LogP contribution in [0.15, 0.2) is 51.1 Å². The first kappa shape index (κ1) is 18.2. The highest BCUT2D eigenvalue weighted by Crippen LogP contribution is 2.27. The highest BCUT2D eigenvalue weighted by molar-refractivity contribution is 7.91. The number of hydrogen-bond acceptors (Lipinski definition) is 6. The molecule has 1 N–H and O–H groups in total. The Bertz CT molecular complexity index is 1390.